The number of hydrogen-bond acceptors (Lipinski definition) is 4. The Labute approximate surface area is 184 Å². The number of hydrogen-bond donors (Lipinski definition) is 2. The Morgan fingerprint density at radius 3 is 2.76 bits per heavy atom. The third-order valence-electron chi connectivity index (χ3n) is 5.36. The van der Waals surface area contributed by atoms with Crippen molar-refractivity contribution in [3.63, 3.8) is 0 Å². The SMILES string of the molecule is Cn1cc(-c2ccc3c(ncn3CC(N)=O)c2Oc2ccc(F)cc2F)c2cc[nH]c2c1=O. The molecule has 0 bridgehead atoms. The van der Waals surface area contributed by atoms with Gasteiger partial charge < -0.3 is 24.6 Å². The van der Waals surface area contributed by atoms with Crippen LogP contribution in [0.25, 0.3) is 33.1 Å². The third kappa shape index (κ3) is 3.41. The highest BCUT2D eigenvalue weighted by molar-refractivity contribution is 6.00. The van der Waals surface area contributed by atoms with E-state index in [2.05, 4.69) is 9.97 Å². The number of fused-ring (bicyclic) bond motifs is 2. The summed E-state index contributed by atoms with van der Waals surface area (Å²) >= 11 is 0. The van der Waals surface area contributed by atoms with Crippen molar-refractivity contribution < 1.29 is 18.3 Å². The van der Waals surface area contributed by atoms with Crippen molar-refractivity contribution in [2.75, 3.05) is 0 Å². The van der Waals surface area contributed by atoms with E-state index in [0.29, 0.717) is 33.1 Å². The summed E-state index contributed by atoms with van der Waals surface area (Å²) in [5, 5.41) is 0.637. The highest BCUT2D eigenvalue weighted by Gasteiger charge is 2.21. The molecule has 2 aromatic carbocycles. The Hall–Kier alpha value is -4.47. The number of amides is 1. The molecule has 10 heteroatoms. The first-order valence-electron chi connectivity index (χ1n) is 9.89. The minimum atomic E-state index is -0.887. The first kappa shape index (κ1) is 20.4. The predicted octanol–water partition coefficient (Wildman–Crippen LogP) is 3.44. The minimum absolute atomic E-state index is 0.109. The first-order valence-corrected chi connectivity index (χ1v) is 9.89. The van der Waals surface area contributed by atoms with Crippen LogP contribution in [0.1, 0.15) is 0 Å². The fourth-order valence-electron chi connectivity index (χ4n) is 3.87. The van der Waals surface area contributed by atoms with Gasteiger partial charge in [-0.1, -0.05) is 0 Å². The van der Waals surface area contributed by atoms with E-state index in [4.69, 9.17) is 10.5 Å². The van der Waals surface area contributed by atoms with E-state index in [1.54, 1.807) is 42.2 Å². The van der Waals surface area contributed by atoms with Gasteiger partial charge in [0.05, 0.1) is 11.8 Å². The van der Waals surface area contributed by atoms with E-state index in [1.807, 2.05) is 0 Å². The zero-order chi connectivity index (χ0) is 23.3. The number of primary amides is 1. The van der Waals surface area contributed by atoms with Crippen LogP contribution in [0.4, 0.5) is 8.78 Å². The number of halogens is 2. The van der Waals surface area contributed by atoms with Gasteiger partial charge in [-0.2, -0.15) is 0 Å². The molecule has 3 aromatic heterocycles. The number of benzene rings is 2. The van der Waals surface area contributed by atoms with Gasteiger partial charge in [-0.15, -0.1) is 0 Å². The van der Waals surface area contributed by atoms with Crippen molar-refractivity contribution in [1.82, 2.24) is 19.1 Å². The lowest BCUT2D eigenvalue weighted by Gasteiger charge is -2.15. The predicted molar refractivity (Wildman–Crippen MR) is 118 cm³/mol. The molecule has 3 heterocycles. The summed E-state index contributed by atoms with van der Waals surface area (Å²) < 4.78 is 36.8. The van der Waals surface area contributed by atoms with Gasteiger partial charge >= 0.3 is 0 Å². The largest absolute Gasteiger partial charge is 0.451 e. The number of nitrogens with one attached hydrogen (secondary N) is 1. The van der Waals surface area contributed by atoms with Gasteiger partial charge in [0.1, 0.15) is 23.4 Å². The quantitative estimate of drug-likeness (QED) is 0.429. The molecule has 0 aliphatic rings. The van der Waals surface area contributed by atoms with Crippen LogP contribution in [0.3, 0.4) is 0 Å². The third-order valence-corrected chi connectivity index (χ3v) is 5.36. The Bertz CT molecular complexity index is 1620. The van der Waals surface area contributed by atoms with Crippen LogP contribution in [-0.4, -0.2) is 25.0 Å². The van der Waals surface area contributed by atoms with Crippen LogP contribution in [0.5, 0.6) is 11.5 Å². The highest BCUT2D eigenvalue weighted by atomic mass is 19.1. The second-order valence-corrected chi connectivity index (χ2v) is 7.55. The average molecular weight is 449 g/mol. The molecule has 0 aliphatic carbocycles. The van der Waals surface area contributed by atoms with E-state index < -0.39 is 17.5 Å². The minimum Gasteiger partial charge on any atom is -0.451 e. The van der Waals surface area contributed by atoms with E-state index in [1.165, 1.54) is 17.0 Å². The van der Waals surface area contributed by atoms with Crippen molar-refractivity contribution in [1.29, 1.82) is 0 Å². The molecule has 0 spiro atoms. The van der Waals surface area contributed by atoms with E-state index in [9.17, 15) is 18.4 Å². The number of aryl methyl sites for hydroxylation is 1. The molecule has 1 amide bonds. The van der Waals surface area contributed by atoms with Crippen molar-refractivity contribution >= 4 is 27.8 Å². The van der Waals surface area contributed by atoms with Crippen LogP contribution in [0, 0.1) is 11.6 Å². The van der Waals surface area contributed by atoms with E-state index >= 15 is 0 Å². The zero-order valence-electron chi connectivity index (χ0n) is 17.3. The second kappa shape index (κ2) is 7.59. The lowest BCUT2D eigenvalue weighted by Crippen LogP contribution is -2.18. The number of carbonyl (C=O) groups is 1. The van der Waals surface area contributed by atoms with Gasteiger partial charge in [-0.05, 0) is 30.3 Å². The number of pyridine rings is 1. The van der Waals surface area contributed by atoms with Gasteiger partial charge in [-0.25, -0.2) is 13.8 Å². The molecule has 0 radical (unpaired) electrons. The van der Waals surface area contributed by atoms with Gasteiger partial charge in [0.2, 0.25) is 5.91 Å². The van der Waals surface area contributed by atoms with Crippen LogP contribution in [0.2, 0.25) is 0 Å². The summed E-state index contributed by atoms with van der Waals surface area (Å²) in [7, 11) is 1.62. The monoisotopic (exact) mass is 449 g/mol. The Morgan fingerprint density at radius 2 is 2.00 bits per heavy atom. The molecule has 0 saturated heterocycles. The fourth-order valence-corrected chi connectivity index (χ4v) is 3.87. The van der Waals surface area contributed by atoms with Gasteiger partial charge in [0, 0.05) is 42.0 Å². The number of aromatic amines is 1. The fraction of sp³-hybridized carbons (Fsp3) is 0.0870. The van der Waals surface area contributed by atoms with Crippen molar-refractivity contribution in [3.8, 4) is 22.6 Å². The lowest BCUT2D eigenvalue weighted by molar-refractivity contribution is -0.118. The molecule has 3 N–H and O–H groups in total. The molecule has 33 heavy (non-hydrogen) atoms. The molecule has 0 fully saturated rings. The number of rotatable bonds is 5. The van der Waals surface area contributed by atoms with Crippen LogP contribution in [0.15, 0.2) is 59.9 Å². The molecule has 166 valence electrons. The summed E-state index contributed by atoms with van der Waals surface area (Å²) in [6.45, 7) is -0.109. The van der Waals surface area contributed by atoms with Crippen LogP contribution in [-0.2, 0) is 18.4 Å². The topological polar surface area (TPSA) is 108 Å². The second-order valence-electron chi connectivity index (χ2n) is 7.55. The maximum Gasteiger partial charge on any atom is 0.274 e. The molecule has 8 nitrogen and oxygen atoms in total. The van der Waals surface area contributed by atoms with Crippen LogP contribution >= 0.6 is 0 Å². The number of nitrogens with two attached hydrogens (primary N) is 1. The van der Waals surface area contributed by atoms with E-state index in [-0.39, 0.29) is 23.6 Å². The van der Waals surface area contributed by atoms with Gasteiger partial charge in [0.15, 0.2) is 17.3 Å². The first-order chi connectivity index (χ1) is 15.8. The molecule has 0 unspecified atom stereocenters. The number of aromatic nitrogens is 4. The average Bonchev–Trinajstić information content (AvgIpc) is 3.41. The molecule has 0 atom stereocenters. The standard InChI is InChI=1S/C23H17F2N5O3/c1-29-9-15(13-6-7-27-20(13)23(29)32)14-3-4-17-21(28-11-30(17)10-19(26)31)22(14)33-18-5-2-12(24)8-16(18)25/h2-9,11,27H,10H2,1H3,(H2,26,31). The van der Waals surface area contributed by atoms with Crippen LogP contribution < -0.4 is 16.0 Å². The summed E-state index contributed by atoms with van der Waals surface area (Å²) in [5.74, 6) is -2.21. The Kier molecular flexibility index (Phi) is 4.70. The number of nitrogens with zero attached hydrogens (tertiary/aromatic N) is 3. The number of H-pyrrole nitrogens is 1. The van der Waals surface area contributed by atoms with Gasteiger partial charge in [0.25, 0.3) is 5.56 Å². The smallest absolute Gasteiger partial charge is 0.274 e. The summed E-state index contributed by atoms with van der Waals surface area (Å²) in [5.41, 5.74) is 7.55. The molecule has 5 rings (SSSR count). The Balaban J connectivity index is 1.80. The van der Waals surface area contributed by atoms with Crippen molar-refractivity contribution in [2.45, 2.75) is 6.54 Å². The highest BCUT2D eigenvalue weighted by Crippen LogP contribution is 2.41. The van der Waals surface area contributed by atoms with Gasteiger partial charge in [-0.3, -0.25) is 9.59 Å². The molecule has 0 aliphatic heterocycles. The number of ether oxygens (including phenoxy) is 1. The number of carbonyl (C=O) groups excluding carboxylic acids is 1. The lowest BCUT2D eigenvalue weighted by atomic mass is 10.0. The Morgan fingerprint density at radius 1 is 1.18 bits per heavy atom. The normalized spacial score (nSPS) is 11.4. The number of imidazole rings is 1. The maximum absolute atomic E-state index is 14.5. The van der Waals surface area contributed by atoms with E-state index in [0.717, 1.165) is 12.1 Å². The molecular formula is C23H17F2N5O3. The zero-order valence-corrected chi connectivity index (χ0v) is 17.3. The molecular weight excluding hydrogens is 432 g/mol. The molecule has 5 aromatic rings. The van der Waals surface area contributed by atoms with Crippen molar-refractivity contribution in [3.05, 3.63) is 77.1 Å². The summed E-state index contributed by atoms with van der Waals surface area (Å²) in [6.07, 6.45) is 4.73. The summed E-state index contributed by atoms with van der Waals surface area (Å²) in [6, 6.07) is 8.20. The van der Waals surface area contributed by atoms with Crippen molar-refractivity contribution in [2.24, 2.45) is 12.8 Å². The summed E-state index contributed by atoms with van der Waals surface area (Å²) in [4.78, 5) is 31.3. The molecule has 0 saturated carbocycles. The maximum atomic E-state index is 14.5.